The number of rotatable bonds is 11. The molecule has 1 amide bonds. The van der Waals surface area contributed by atoms with Crippen LogP contribution in [0.5, 0.6) is 0 Å². The first-order valence-corrected chi connectivity index (χ1v) is 8.71. The molecular weight excluding hydrogens is 376 g/mol. The zero-order chi connectivity index (χ0) is 21.0. The van der Waals surface area contributed by atoms with Gasteiger partial charge in [-0.2, -0.15) is 0 Å². The number of nitrogens with zero attached hydrogens (tertiary/aromatic N) is 4. The molecule has 0 saturated heterocycles. The van der Waals surface area contributed by atoms with E-state index in [1.807, 2.05) is 4.57 Å². The van der Waals surface area contributed by atoms with Crippen LogP contribution < -0.4 is 0 Å². The van der Waals surface area contributed by atoms with Crippen LogP contribution in [-0.2, 0) is 9.68 Å². The Morgan fingerprint density at radius 1 is 1.04 bits per heavy atom. The van der Waals surface area contributed by atoms with Gasteiger partial charge < -0.3 is 19.1 Å². The highest BCUT2D eigenvalue weighted by molar-refractivity contribution is 6.09. The van der Waals surface area contributed by atoms with E-state index < -0.39 is 29.3 Å². The second-order valence-electron chi connectivity index (χ2n) is 6.48. The fourth-order valence-electron chi connectivity index (χ4n) is 3.35. The van der Waals surface area contributed by atoms with Crippen LogP contribution >= 0.6 is 0 Å². The molecule has 12 heteroatoms. The van der Waals surface area contributed by atoms with Gasteiger partial charge in [-0.05, 0) is 33.6 Å². The normalized spacial score (nSPS) is 13.1. The van der Waals surface area contributed by atoms with E-state index in [1.165, 1.54) is 6.92 Å². The van der Waals surface area contributed by atoms with Crippen LogP contribution in [0.2, 0.25) is 0 Å². The van der Waals surface area contributed by atoms with Crippen molar-refractivity contribution in [3.63, 3.8) is 0 Å². The monoisotopic (exact) mass is 398 g/mol. The maximum atomic E-state index is 13.2. The van der Waals surface area contributed by atoms with E-state index in [0.29, 0.717) is 17.0 Å². The first-order valence-electron chi connectivity index (χ1n) is 8.71. The third-order valence-electron chi connectivity index (χ3n) is 4.58. The zero-order valence-corrected chi connectivity index (χ0v) is 15.9. The molecule has 0 spiro atoms. The highest BCUT2D eigenvalue weighted by atomic mass is 17.0. The van der Waals surface area contributed by atoms with E-state index in [2.05, 4.69) is 9.68 Å². The molecule has 1 aliphatic carbocycles. The van der Waals surface area contributed by atoms with Gasteiger partial charge in [0.25, 0.3) is 16.1 Å². The number of Topliss-reactive ketones (excluding diaryl/α,β-unsaturated/α-hetero) is 1. The van der Waals surface area contributed by atoms with Gasteiger partial charge in [0.1, 0.15) is 13.2 Å². The fourth-order valence-corrected chi connectivity index (χ4v) is 3.35. The Morgan fingerprint density at radius 3 is 1.89 bits per heavy atom. The number of amides is 1. The lowest BCUT2D eigenvalue weighted by molar-refractivity contribution is -0.758. The first kappa shape index (κ1) is 21.1. The average Bonchev–Trinajstić information content (AvgIpc) is 3.37. The minimum Gasteiger partial charge on any atom is -0.345 e. The highest BCUT2D eigenvalue weighted by Crippen LogP contribution is 2.40. The molecule has 2 rings (SSSR count). The van der Waals surface area contributed by atoms with Crippen molar-refractivity contribution in [2.45, 2.75) is 39.7 Å². The van der Waals surface area contributed by atoms with E-state index in [4.69, 9.17) is 0 Å². The number of carbonyl (C=O) groups excluding carboxylic acids is 2. The molecule has 1 fully saturated rings. The summed E-state index contributed by atoms with van der Waals surface area (Å²) >= 11 is 0. The molecule has 1 aromatic heterocycles. The van der Waals surface area contributed by atoms with Crippen molar-refractivity contribution in [3.05, 3.63) is 42.7 Å². The minimum atomic E-state index is -0.990. The summed E-state index contributed by atoms with van der Waals surface area (Å²) in [5, 5.41) is 18.8. The maximum Gasteiger partial charge on any atom is 0.294 e. The van der Waals surface area contributed by atoms with Gasteiger partial charge in [-0.3, -0.25) is 9.59 Å². The number of hydrogen-bond donors (Lipinski definition) is 0. The highest BCUT2D eigenvalue weighted by Gasteiger charge is 2.34. The van der Waals surface area contributed by atoms with E-state index in [-0.39, 0.29) is 30.5 Å². The summed E-state index contributed by atoms with van der Waals surface area (Å²) in [5.74, 6) is -0.824. The van der Waals surface area contributed by atoms with E-state index in [0.717, 1.165) is 17.7 Å². The molecule has 1 heterocycles. The molecule has 0 aliphatic heterocycles. The third kappa shape index (κ3) is 4.75. The topological polar surface area (TPSA) is 147 Å². The van der Waals surface area contributed by atoms with Crippen molar-refractivity contribution in [1.82, 2.24) is 9.47 Å². The lowest BCUT2D eigenvalue weighted by Gasteiger charge is -2.22. The summed E-state index contributed by atoms with van der Waals surface area (Å²) in [6.45, 7) is 3.68. The SMILES string of the molecule is CC(=O)c1c(C(=O)N(CCO[N+](=O)[O-])CCO[N+](=O)[O-])c(C)n(C2CC2)c1C. The Labute approximate surface area is 160 Å². The lowest BCUT2D eigenvalue weighted by Crippen LogP contribution is -2.38. The van der Waals surface area contributed by atoms with Crippen LogP contribution in [0.3, 0.4) is 0 Å². The van der Waals surface area contributed by atoms with Crippen molar-refractivity contribution in [3.8, 4) is 0 Å². The quantitative estimate of drug-likeness (QED) is 0.309. The molecule has 12 nitrogen and oxygen atoms in total. The Bertz CT molecular complexity index is 779. The summed E-state index contributed by atoms with van der Waals surface area (Å²) in [4.78, 5) is 55.8. The van der Waals surface area contributed by atoms with Gasteiger partial charge in [-0.15, -0.1) is 20.2 Å². The summed E-state index contributed by atoms with van der Waals surface area (Å²) in [6.07, 6.45) is 1.91. The third-order valence-corrected chi connectivity index (χ3v) is 4.58. The maximum absolute atomic E-state index is 13.2. The van der Waals surface area contributed by atoms with E-state index >= 15 is 0 Å². The van der Waals surface area contributed by atoms with Crippen LogP contribution in [0.15, 0.2) is 0 Å². The van der Waals surface area contributed by atoms with Crippen molar-refractivity contribution in [2.24, 2.45) is 0 Å². The molecule has 154 valence electrons. The van der Waals surface area contributed by atoms with Crippen molar-refractivity contribution in [1.29, 1.82) is 0 Å². The Kier molecular flexibility index (Phi) is 6.54. The molecule has 0 radical (unpaired) electrons. The first-order chi connectivity index (χ1) is 13.1. The van der Waals surface area contributed by atoms with E-state index in [1.54, 1.807) is 13.8 Å². The summed E-state index contributed by atoms with van der Waals surface area (Å²) in [5.41, 5.74) is 1.83. The van der Waals surface area contributed by atoms with Gasteiger partial charge in [-0.25, -0.2) is 0 Å². The van der Waals surface area contributed by atoms with Gasteiger partial charge in [0.2, 0.25) is 0 Å². The summed E-state index contributed by atoms with van der Waals surface area (Å²) in [6, 6.07) is 0.240. The molecule has 28 heavy (non-hydrogen) atoms. The Hall–Kier alpha value is -3.18. The lowest BCUT2D eigenvalue weighted by atomic mass is 10.0. The summed E-state index contributed by atoms with van der Waals surface area (Å²) in [7, 11) is 0. The smallest absolute Gasteiger partial charge is 0.294 e. The molecular formula is C16H22N4O8. The molecule has 0 atom stereocenters. The molecule has 0 unspecified atom stereocenters. The second-order valence-corrected chi connectivity index (χ2v) is 6.48. The predicted octanol–water partition coefficient (Wildman–Crippen LogP) is 1.50. The number of carbonyl (C=O) groups is 2. The Balaban J connectivity index is 2.33. The van der Waals surface area contributed by atoms with Gasteiger partial charge >= 0.3 is 0 Å². The van der Waals surface area contributed by atoms with Crippen LogP contribution in [0.1, 0.15) is 57.9 Å². The van der Waals surface area contributed by atoms with Crippen LogP contribution in [-0.4, -0.2) is 57.6 Å². The molecule has 0 bridgehead atoms. The molecule has 1 aliphatic rings. The van der Waals surface area contributed by atoms with Gasteiger partial charge in [0.15, 0.2) is 5.78 Å². The number of aromatic nitrogens is 1. The second kappa shape index (κ2) is 8.67. The van der Waals surface area contributed by atoms with Gasteiger partial charge in [0.05, 0.1) is 11.1 Å². The molecule has 0 aromatic carbocycles. The minimum absolute atomic E-state index is 0.189. The summed E-state index contributed by atoms with van der Waals surface area (Å²) < 4.78 is 1.96. The number of hydrogen-bond acceptors (Lipinski definition) is 8. The molecule has 0 N–H and O–H groups in total. The predicted molar refractivity (Wildman–Crippen MR) is 94.0 cm³/mol. The standard InChI is InChI=1S/C16H22N4O8/c1-10-14(12(3)21)15(11(2)18(10)13-4-5-13)16(22)17(6-8-27-19(23)24)7-9-28-20(25)26/h13H,4-9H2,1-3H3. The van der Waals surface area contributed by atoms with Crippen molar-refractivity contribution in [2.75, 3.05) is 26.3 Å². The van der Waals surface area contributed by atoms with Crippen molar-refractivity contribution < 1.29 is 29.4 Å². The van der Waals surface area contributed by atoms with Gasteiger partial charge in [-0.1, -0.05) is 0 Å². The molecule has 1 aromatic rings. The van der Waals surface area contributed by atoms with Crippen LogP contribution in [0, 0.1) is 34.1 Å². The average molecular weight is 398 g/mol. The largest absolute Gasteiger partial charge is 0.345 e. The molecule has 1 saturated carbocycles. The fraction of sp³-hybridized carbons (Fsp3) is 0.625. The van der Waals surface area contributed by atoms with E-state index in [9.17, 15) is 29.8 Å². The number of ketones is 1. The van der Waals surface area contributed by atoms with Crippen LogP contribution in [0.25, 0.3) is 0 Å². The van der Waals surface area contributed by atoms with Crippen molar-refractivity contribution >= 4 is 11.7 Å². The van der Waals surface area contributed by atoms with Crippen LogP contribution in [0.4, 0.5) is 0 Å². The zero-order valence-electron chi connectivity index (χ0n) is 15.9. The Morgan fingerprint density at radius 2 is 1.50 bits per heavy atom. The van der Waals surface area contributed by atoms with Gasteiger partial charge in [0, 0.05) is 30.5 Å².